The minimum Gasteiger partial charge on any atom is -0.451 e. The number of carbonyl (C=O) groups is 1. The molecule has 146 valence electrons. The molecule has 0 spiro atoms. The number of furan rings is 1. The summed E-state index contributed by atoms with van der Waals surface area (Å²) >= 11 is 0. The standard InChI is InChI=1S/C23H20FN3O2/c24-19-9-5-4-8-18(19)20-10-11-21(29-20)23(28)26-13-12-22-25-14-15-27(22)16-17-6-2-1-3-7-17/h1-11,14-15H,12-13,16H2,(H,26,28). The Labute approximate surface area is 167 Å². The molecule has 0 saturated carbocycles. The zero-order valence-corrected chi connectivity index (χ0v) is 15.7. The van der Waals surface area contributed by atoms with Gasteiger partial charge in [0.1, 0.15) is 17.4 Å². The molecule has 1 amide bonds. The average molecular weight is 389 g/mol. The first-order valence-electron chi connectivity index (χ1n) is 9.37. The van der Waals surface area contributed by atoms with Gasteiger partial charge in [0.2, 0.25) is 0 Å². The molecule has 2 heterocycles. The zero-order chi connectivity index (χ0) is 20.1. The number of halogens is 1. The topological polar surface area (TPSA) is 60.1 Å². The maximum Gasteiger partial charge on any atom is 0.287 e. The summed E-state index contributed by atoms with van der Waals surface area (Å²) in [5.74, 6) is 0.635. The summed E-state index contributed by atoms with van der Waals surface area (Å²) in [4.78, 5) is 16.7. The van der Waals surface area contributed by atoms with Crippen LogP contribution in [0.25, 0.3) is 11.3 Å². The molecule has 5 nitrogen and oxygen atoms in total. The van der Waals surface area contributed by atoms with Crippen LogP contribution in [-0.4, -0.2) is 22.0 Å². The van der Waals surface area contributed by atoms with Crippen molar-refractivity contribution in [1.29, 1.82) is 0 Å². The van der Waals surface area contributed by atoms with Crippen molar-refractivity contribution < 1.29 is 13.6 Å². The van der Waals surface area contributed by atoms with Crippen molar-refractivity contribution in [3.8, 4) is 11.3 Å². The fraction of sp³-hybridized carbons (Fsp3) is 0.130. The van der Waals surface area contributed by atoms with Gasteiger partial charge in [0, 0.05) is 31.9 Å². The number of nitrogens with one attached hydrogen (secondary N) is 1. The first-order valence-corrected chi connectivity index (χ1v) is 9.37. The lowest BCUT2D eigenvalue weighted by atomic mass is 10.1. The van der Waals surface area contributed by atoms with Gasteiger partial charge in [-0.1, -0.05) is 42.5 Å². The highest BCUT2D eigenvalue weighted by atomic mass is 19.1. The van der Waals surface area contributed by atoms with Crippen LogP contribution in [0.2, 0.25) is 0 Å². The van der Waals surface area contributed by atoms with Crippen molar-refractivity contribution in [3.63, 3.8) is 0 Å². The van der Waals surface area contributed by atoms with Crippen molar-refractivity contribution in [2.45, 2.75) is 13.0 Å². The summed E-state index contributed by atoms with van der Waals surface area (Å²) in [5.41, 5.74) is 1.52. The molecule has 0 unspecified atom stereocenters. The maximum absolute atomic E-state index is 13.9. The van der Waals surface area contributed by atoms with E-state index in [1.165, 1.54) is 11.6 Å². The Morgan fingerprint density at radius 3 is 2.66 bits per heavy atom. The van der Waals surface area contributed by atoms with Crippen LogP contribution in [-0.2, 0) is 13.0 Å². The fourth-order valence-corrected chi connectivity index (χ4v) is 3.13. The average Bonchev–Trinajstić information content (AvgIpc) is 3.39. The summed E-state index contributed by atoms with van der Waals surface area (Å²) in [6.45, 7) is 1.15. The van der Waals surface area contributed by atoms with Crippen molar-refractivity contribution in [3.05, 3.63) is 102 Å². The van der Waals surface area contributed by atoms with Gasteiger partial charge in [-0.2, -0.15) is 0 Å². The van der Waals surface area contributed by atoms with Crippen molar-refractivity contribution in [1.82, 2.24) is 14.9 Å². The minimum absolute atomic E-state index is 0.149. The summed E-state index contributed by atoms with van der Waals surface area (Å²) in [6.07, 6.45) is 4.27. The minimum atomic E-state index is -0.390. The Balaban J connectivity index is 1.35. The first-order chi connectivity index (χ1) is 14.2. The third-order valence-electron chi connectivity index (χ3n) is 4.60. The molecule has 0 radical (unpaired) electrons. The van der Waals surface area contributed by atoms with Crippen molar-refractivity contribution >= 4 is 5.91 Å². The van der Waals surface area contributed by atoms with Crippen LogP contribution in [0.5, 0.6) is 0 Å². The Bertz CT molecular complexity index is 1100. The molecule has 1 N–H and O–H groups in total. The van der Waals surface area contributed by atoms with Crippen LogP contribution >= 0.6 is 0 Å². The van der Waals surface area contributed by atoms with Gasteiger partial charge in [0.15, 0.2) is 5.76 Å². The van der Waals surface area contributed by atoms with Gasteiger partial charge in [-0.3, -0.25) is 4.79 Å². The molecule has 4 rings (SSSR count). The zero-order valence-electron chi connectivity index (χ0n) is 15.7. The van der Waals surface area contributed by atoms with E-state index in [4.69, 9.17) is 4.42 Å². The number of benzene rings is 2. The molecule has 2 aromatic heterocycles. The summed E-state index contributed by atoms with van der Waals surface area (Å²) < 4.78 is 21.5. The summed E-state index contributed by atoms with van der Waals surface area (Å²) in [5, 5.41) is 2.83. The van der Waals surface area contributed by atoms with Crippen LogP contribution < -0.4 is 5.32 Å². The molecule has 0 atom stereocenters. The molecule has 6 heteroatoms. The Morgan fingerprint density at radius 1 is 1.03 bits per heavy atom. The van der Waals surface area contributed by atoms with Crippen LogP contribution in [0.3, 0.4) is 0 Å². The number of amides is 1. The molecule has 0 saturated heterocycles. The van der Waals surface area contributed by atoms with E-state index < -0.39 is 0 Å². The molecule has 2 aromatic carbocycles. The highest BCUT2D eigenvalue weighted by Crippen LogP contribution is 2.24. The number of hydrogen-bond donors (Lipinski definition) is 1. The van der Waals surface area contributed by atoms with Gasteiger partial charge in [0.05, 0.1) is 5.56 Å². The number of nitrogens with zero attached hydrogens (tertiary/aromatic N) is 2. The van der Waals surface area contributed by atoms with E-state index in [1.54, 1.807) is 36.5 Å². The normalized spacial score (nSPS) is 10.8. The Kier molecular flexibility index (Phi) is 5.52. The molecule has 0 bridgehead atoms. The van der Waals surface area contributed by atoms with E-state index >= 15 is 0 Å². The lowest BCUT2D eigenvalue weighted by Gasteiger charge is -2.08. The number of aromatic nitrogens is 2. The Hall–Kier alpha value is -3.67. The lowest BCUT2D eigenvalue weighted by molar-refractivity contribution is 0.0927. The largest absolute Gasteiger partial charge is 0.451 e. The molecule has 0 fully saturated rings. The molecular formula is C23H20FN3O2. The number of hydrogen-bond acceptors (Lipinski definition) is 3. The van der Waals surface area contributed by atoms with E-state index in [0.29, 0.717) is 24.3 Å². The van der Waals surface area contributed by atoms with Gasteiger partial charge >= 0.3 is 0 Å². The van der Waals surface area contributed by atoms with Gasteiger partial charge in [-0.05, 0) is 29.8 Å². The second-order valence-corrected chi connectivity index (χ2v) is 6.61. The monoisotopic (exact) mass is 389 g/mol. The van der Waals surface area contributed by atoms with Gasteiger partial charge in [-0.15, -0.1) is 0 Å². The fourth-order valence-electron chi connectivity index (χ4n) is 3.13. The third-order valence-corrected chi connectivity index (χ3v) is 4.60. The van der Waals surface area contributed by atoms with Crippen molar-refractivity contribution in [2.75, 3.05) is 6.54 Å². The van der Waals surface area contributed by atoms with Crippen LogP contribution in [0, 0.1) is 5.82 Å². The number of imidazole rings is 1. The van der Waals surface area contributed by atoms with Crippen molar-refractivity contribution in [2.24, 2.45) is 0 Å². The molecular weight excluding hydrogens is 369 g/mol. The number of rotatable bonds is 7. The predicted molar refractivity (Wildman–Crippen MR) is 108 cm³/mol. The highest BCUT2D eigenvalue weighted by molar-refractivity contribution is 5.92. The maximum atomic E-state index is 13.9. The smallest absolute Gasteiger partial charge is 0.287 e. The van der Waals surface area contributed by atoms with E-state index in [1.807, 2.05) is 24.4 Å². The summed E-state index contributed by atoms with van der Waals surface area (Å²) in [7, 11) is 0. The van der Waals surface area contributed by atoms with E-state index in [-0.39, 0.29) is 17.5 Å². The third kappa shape index (κ3) is 4.43. The summed E-state index contributed by atoms with van der Waals surface area (Å²) in [6, 6.07) is 19.6. The highest BCUT2D eigenvalue weighted by Gasteiger charge is 2.14. The van der Waals surface area contributed by atoms with Crippen LogP contribution in [0.1, 0.15) is 21.9 Å². The lowest BCUT2D eigenvalue weighted by Crippen LogP contribution is -2.26. The SMILES string of the molecule is O=C(NCCc1nccn1Cc1ccccc1)c1ccc(-c2ccccc2F)o1. The van der Waals surface area contributed by atoms with Crippen LogP contribution in [0.4, 0.5) is 4.39 Å². The molecule has 29 heavy (non-hydrogen) atoms. The molecule has 0 aliphatic rings. The number of carbonyl (C=O) groups excluding carboxylic acids is 1. The quantitative estimate of drug-likeness (QED) is 0.513. The Morgan fingerprint density at radius 2 is 1.83 bits per heavy atom. The molecule has 0 aliphatic carbocycles. The second kappa shape index (κ2) is 8.56. The first kappa shape index (κ1) is 18.7. The van der Waals surface area contributed by atoms with E-state index in [0.717, 1.165) is 12.4 Å². The van der Waals surface area contributed by atoms with Gasteiger partial charge < -0.3 is 14.3 Å². The van der Waals surface area contributed by atoms with E-state index in [9.17, 15) is 9.18 Å². The van der Waals surface area contributed by atoms with E-state index in [2.05, 4.69) is 27.0 Å². The second-order valence-electron chi connectivity index (χ2n) is 6.61. The van der Waals surface area contributed by atoms with Gasteiger partial charge in [0.25, 0.3) is 5.91 Å². The predicted octanol–water partition coefficient (Wildman–Crippen LogP) is 4.30. The molecule has 0 aliphatic heterocycles. The van der Waals surface area contributed by atoms with Crippen LogP contribution in [0.15, 0.2) is 83.5 Å². The molecule has 4 aromatic rings. The van der Waals surface area contributed by atoms with Gasteiger partial charge in [-0.25, -0.2) is 9.37 Å².